The van der Waals surface area contributed by atoms with Gasteiger partial charge >= 0.3 is 6.09 Å². The van der Waals surface area contributed by atoms with Crippen molar-refractivity contribution in [2.24, 2.45) is 4.99 Å². The van der Waals surface area contributed by atoms with E-state index in [-0.39, 0.29) is 18.9 Å². The maximum atomic E-state index is 11.9. The number of nitrogens with one attached hydrogen (secondary N) is 1. The number of amides is 1. The zero-order valence-corrected chi connectivity index (χ0v) is 19.1. The van der Waals surface area contributed by atoms with Crippen LogP contribution in [0.15, 0.2) is 29.3 Å². The number of hydrogen-bond acceptors (Lipinski definition) is 6. The molecule has 2 atom stereocenters. The average Bonchev–Trinajstić information content (AvgIpc) is 3.16. The highest BCUT2D eigenvalue weighted by Crippen LogP contribution is 2.34. The van der Waals surface area contributed by atoms with Crippen molar-refractivity contribution in [3.63, 3.8) is 0 Å². The molecule has 1 aromatic carbocycles. The van der Waals surface area contributed by atoms with Gasteiger partial charge in [0.25, 0.3) is 0 Å². The van der Waals surface area contributed by atoms with Crippen LogP contribution in [-0.2, 0) is 9.47 Å². The highest BCUT2D eigenvalue weighted by atomic mass is 16.5. The van der Waals surface area contributed by atoms with E-state index < -0.39 is 6.09 Å². The van der Waals surface area contributed by atoms with E-state index in [0.717, 1.165) is 59.6 Å². The largest absolute Gasteiger partial charge is 0.491 e. The third-order valence-electron chi connectivity index (χ3n) is 5.79. The number of aromatic nitrogens is 2. The minimum atomic E-state index is -0.418. The molecule has 2 bridgehead atoms. The van der Waals surface area contributed by atoms with E-state index in [9.17, 15) is 4.79 Å². The van der Waals surface area contributed by atoms with E-state index in [2.05, 4.69) is 11.4 Å². The van der Waals surface area contributed by atoms with Crippen molar-refractivity contribution in [1.29, 1.82) is 0 Å². The van der Waals surface area contributed by atoms with Gasteiger partial charge in [-0.25, -0.2) is 9.48 Å². The van der Waals surface area contributed by atoms with Crippen LogP contribution in [0, 0.1) is 0 Å². The molecule has 0 saturated carbocycles. The maximum absolute atomic E-state index is 11.9. The van der Waals surface area contributed by atoms with Crippen LogP contribution in [0.5, 0.6) is 5.75 Å². The molecule has 1 N–H and O–H groups in total. The minimum absolute atomic E-state index is 0.0673. The summed E-state index contributed by atoms with van der Waals surface area (Å²) in [4.78, 5) is 16.7. The molecule has 2 aliphatic rings. The van der Waals surface area contributed by atoms with Crippen molar-refractivity contribution in [1.82, 2.24) is 15.1 Å². The van der Waals surface area contributed by atoms with Gasteiger partial charge in [-0.05, 0) is 58.2 Å². The van der Waals surface area contributed by atoms with E-state index in [1.807, 2.05) is 43.7 Å². The number of fused-ring (bicyclic) bond motifs is 1. The van der Waals surface area contributed by atoms with Crippen molar-refractivity contribution in [2.45, 2.75) is 65.2 Å². The average molecular weight is 441 g/mol. The van der Waals surface area contributed by atoms with E-state index in [1.165, 1.54) is 0 Å². The van der Waals surface area contributed by atoms with Crippen LogP contribution in [0.4, 0.5) is 4.79 Å². The zero-order valence-electron chi connectivity index (χ0n) is 19.1. The minimum Gasteiger partial charge on any atom is -0.491 e. The van der Waals surface area contributed by atoms with Gasteiger partial charge in [0.05, 0.1) is 23.9 Å². The predicted molar refractivity (Wildman–Crippen MR) is 124 cm³/mol. The fraction of sp³-hybridized carbons (Fsp3) is 0.542. The Morgan fingerprint density at radius 2 is 2.09 bits per heavy atom. The zero-order chi connectivity index (χ0) is 22.5. The van der Waals surface area contributed by atoms with Gasteiger partial charge in [-0.15, -0.1) is 0 Å². The number of carbonyl (C=O) groups excluding carboxylic acids is 1. The summed E-state index contributed by atoms with van der Waals surface area (Å²) in [7, 11) is 0. The summed E-state index contributed by atoms with van der Waals surface area (Å²) >= 11 is 0. The molecule has 172 valence electrons. The Bertz CT molecular complexity index is 1020. The van der Waals surface area contributed by atoms with E-state index in [1.54, 1.807) is 0 Å². The van der Waals surface area contributed by atoms with Crippen molar-refractivity contribution in [3.05, 3.63) is 30.0 Å². The normalized spacial score (nSPS) is 24.7. The van der Waals surface area contributed by atoms with Crippen LogP contribution in [0.1, 0.15) is 64.8 Å². The summed E-state index contributed by atoms with van der Waals surface area (Å²) < 4.78 is 19.4. The van der Waals surface area contributed by atoms with E-state index >= 15 is 0 Å². The second-order valence-electron chi connectivity index (χ2n) is 8.34. The lowest BCUT2D eigenvalue weighted by atomic mass is 10.1. The molecular formula is C24H32N4O4. The fourth-order valence-electron chi connectivity index (χ4n) is 4.05. The first-order chi connectivity index (χ1) is 15.5. The van der Waals surface area contributed by atoms with Crippen LogP contribution in [0.2, 0.25) is 0 Å². The number of carbonyl (C=O) groups is 1. The van der Waals surface area contributed by atoms with Crippen LogP contribution in [0.3, 0.4) is 0 Å². The Morgan fingerprint density at radius 3 is 2.88 bits per heavy atom. The summed E-state index contributed by atoms with van der Waals surface area (Å²) in [6.45, 7) is 7.40. The number of nitrogens with zero attached hydrogens (tertiary/aromatic N) is 3. The number of benzene rings is 1. The van der Waals surface area contributed by atoms with Crippen molar-refractivity contribution in [2.75, 3.05) is 19.8 Å². The lowest BCUT2D eigenvalue weighted by molar-refractivity contribution is -0.0367. The molecule has 2 unspecified atom stereocenters. The summed E-state index contributed by atoms with van der Waals surface area (Å²) in [5.74, 6) is 0.765. The maximum Gasteiger partial charge on any atom is 0.407 e. The van der Waals surface area contributed by atoms with Gasteiger partial charge in [0.1, 0.15) is 11.4 Å². The van der Waals surface area contributed by atoms with Gasteiger partial charge < -0.3 is 19.5 Å². The molecule has 1 fully saturated rings. The van der Waals surface area contributed by atoms with Gasteiger partial charge in [-0.3, -0.25) is 4.99 Å². The van der Waals surface area contributed by atoms with Crippen LogP contribution >= 0.6 is 0 Å². The van der Waals surface area contributed by atoms with Gasteiger partial charge in [-0.2, -0.15) is 5.10 Å². The Balaban J connectivity index is 1.78. The molecule has 0 aliphatic carbocycles. The smallest absolute Gasteiger partial charge is 0.407 e. The quantitative estimate of drug-likeness (QED) is 0.685. The predicted octanol–water partition coefficient (Wildman–Crippen LogP) is 4.84. The fourth-order valence-corrected chi connectivity index (χ4v) is 4.05. The van der Waals surface area contributed by atoms with Crippen LogP contribution < -0.4 is 10.1 Å². The Labute approximate surface area is 188 Å². The summed E-state index contributed by atoms with van der Waals surface area (Å²) in [5, 5.41) is 8.73. The van der Waals surface area contributed by atoms with Crippen molar-refractivity contribution >= 4 is 28.4 Å². The highest BCUT2D eigenvalue weighted by Gasteiger charge is 2.23. The van der Waals surface area contributed by atoms with Crippen LogP contribution in [0.25, 0.3) is 16.6 Å². The number of allylic oxidation sites excluding steroid dienone is 1. The highest BCUT2D eigenvalue weighted by molar-refractivity contribution is 5.95. The molecule has 4 rings (SSSR count). The molecule has 0 radical (unpaired) electrons. The molecule has 1 saturated heterocycles. The monoisotopic (exact) mass is 440 g/mol. The van der Waals surface area contributed by atoms with Crippen LogP contribution in [-0.4, -0.2) is 47.4 Å². The summed E-state index contributed by atoms with van der Waals surface area (Å²) in [6, 6.07) is 6.06. The molecular weight excluding hydrogens is 408 g/mol. The molecule has 0 spiro atoms. The molecule has 2 aromatic rings. The van der Waals surface area contributed by atoms with Crippen molar-refractivity contribution < 1.29 is 19.0 Å². The third kappa shape index (κ3) is 5.12. The number of rotatable bonds is 1. The van der Waals surface area contributed by atoms with Gasteiger partial charge in [0, 0.05) is 37.1 Å². The Hall–Kier alpha value is -2.87. The number of ether oxygens (including phenoxy) is 3. The summed E-state index contributed by atoms with van der Waals surface area (Å²) in [6.07, 6.45) is 5.79. The topological polar surface area (TPSA) is 87.0 Å². The van der Waals surface area contributed by atoms with Gasteiger partial charge in [-0.1, -0.05) is 6.08 Å². The number of alkyl carbamates (subject to hydrolysis) is 1. The van der Waals surface area contributed by atoms with Gasteiger partial charge in [0.2, 0.25) is 0 Å². The number of aliphatic imine (C=N–C) groups is 1. The first-order valence-corrected chi connectivity index (χ1v) is 11.5. The Kier molecular flexibility index (Phi) is 7.09. The molecule has 32 heavy (non-hydrogen) atoms. The molecule has 8 heteroatoms. The summed E-state index contributed by atoms with van der Waals surface area (Å²) in [5.41, 5.74) is 3.47. The second-order valence-corrected chi connectivity index (χ2v) is 8.34. The van der Waals surface area contributed by atoms with Crippen molar-refractivity contribution in [3.8, 4) is 5.75 Å². The lowest BCUT2D eigenvalue weighted by Gasteiger charge is -2.23. The SMILES string of the molecule is C/C=C1\N=C(C)CCOC(=O)NCCC(C)Oc2ccc3c(c2)c1nn3C1CCCCO1. The first-order valence-electron chi connectivity index (χ1n) is 11.5. The first kappa shape index (κ1) is 22.3. The van der Waals surface area contributed by atoms with E-state index in [0.29, 0.717) is 19.4 Å². The second kappa shape index (κ2) is 10.2. The molecule has 1 aromatic heterocycles. The molecule has 1 amide bonds. The molecule has 8 nitrogen and oxygen atoms in total. The standard InChI is InChI=1S/C24H32N4O4/c1-4-20-23-19-15-18(8-9-21(19)28(27-23)22-7-5-6-13-30-22)32-17(3)10-12-25-24(29)31-14-11-16(2)26-20/h4,8-9,15,17,22H,5-7,10-14H2,1-3H3,(H,25,29)/b20-4-,26-16?. The van der Waals surface area contributed by atoms with E-state index in [4.69, 9.17) is 24.3 Å². The third-order valence-corrected chi connectivity index (χ3v) is 5.79. The number of hydrogen-bond donors (Lipinski definition) is 1. The molecule has 3 heterocycles. The lowest BCUT2D eigenvalue weighted by Crippen LogP contribution is -2.29. The Morgan fingerprint density at radius 1 is 1.22 bits per heavy atom. The molecule has 2 aliphatic heterocycles. The number of cyclic esters (lactones) is 1. The van der Waals surface area contributed by atoms with Gasteiger partial charge in [0.15, 0.2) is 6.23 Å².